The summed E-state index contributed by atoms with van der Waals surface area (Å²) >= 11 is 0. The molecule has 0 aromatic heterocycles. The summed E-state index contributed by atoms with van der Waals surface area (Å²) in [5, 5.41) is 2.34. The zero-order valence-corrected chi connectivity index (χ0v) is 58.5. The Morgan fingerprint density at radius 1 is 0.548 bits per heavy atom. The van der Waals surface area contributed by atoms with Crippen molar-refractivity contribution in [2.45, 2.75) is 180 Å². The first-order valence-electron chi connectivity index (χ1n) is 32.3. The normalized spacial score (nSPS) is 17.8. The molecule has 0 spiro atoms. The molecule has 1 saturated heterocycles. The number of rotatable bonds is 32. The molecule has 2 amide bonds. The van der Waals surface area contributed by atoms with Gasteiger partial charge in [0.15, 0.2) is 54.4 Å². The molecule has 1 aliphatic heterocycles. The maximum absolute atomic E-state index is 14.1. The van der Waals surface area contributed by atoms with Crippen molar-refractivity contribution in [3.63, 3.8) is 0 Å². The number of hydrogen-bond acceptors (Lipinski definition) is 14. The van der Waals surface area contributed by atoms with Gasteiger partial charge < -0.3 is 19.9 Å². The molecule has 0 bridgehead atoms. The van der Waals surface area contributed by atoms with Crippen LogP contribution in [-0.4, -0.2) is 97.2 Å². The quantitative estimate of drug-likeness (QED) is 0.0194. The van der Waals surface area contributed by atoms with E-state index in [0.29, 0.717) is 108 Å². The van der Waals surface area contributed by atoms with Crippen molar-refractivity contribution in [3.05, 3.63) is 139 Å². The van der Waals surface area contributed by atoms with Crippen LogP contribution in [0.25, 0.3) is 0 Å². The van der Waals surface area contributed by atoms with Crippen LogP contribution in [0.1, 0.15) is 180 Å². The SMILES string of the molecule is C=CCC1CCC(=O)CC1=O.C=CCCCS(=O)(=O)CC(C)(C)c1ccc(F)c(OCC2CC2)c1.C=CCCCS(=O)(=O)Cl.CC(C)(CS(=O)(=O)CCC/C=C/CC1CCC(=O)NC1=O)c1ccc(F)c(OCC2CC2)c1.CC(C)(N)c1ccc(F)c(OCC2CC2)c1. The van der Waals surface area contributed by atoms with Gasteiger partial charge in [-0.05, 0) is 187 Å². The van der Waals surface area contributed by atoms with Crippen molar-refractivity contribution < 1.29 is 71.8 Å². The van der Waals surface area contributed by atoms with Gasteiger partial charge in [0, 0.05) is 51.7 Å². The van der Waals surface area contributed by atoms with Crippen LogP contribution < -0.4 is 25.3 Å². The van der Waals surface area contributed by atoms with Gasteiger partial charge in [-0.3, -0.25) is 24.5 Å². The van der Waals surface area contributed by atoms with Crippen LogP contribution in [0.5, 0.6) is 17.2 Å². The molecule has 3 N–H and O–H groups in total. The molecule has 4 aliphatic carbocycles. The van der Waals surface area contributed by atoms with E-state index in [1.165, 1.54) is 31.0 Å². The number of nitrogens with one attached hydrogen (secondary N) is 1. The lowest BCUT2D eigenvalue weighted by molar-refractivity contribution is -0.136. The Morgan fingerprint density at radius 2 is 0.957 bits per heavy atom. The first-order valence-corrected chi connectivity index (χ1v) is 38.4. The number of carbonyl (C=O) groups is 4. The fourth-order valence-electron chi connectivity index (χ4n) is 9.96. The fraction of sp³-hybridized carbons (Fsp3) is 0.577. The van der Waals surface area contributed by atoms with Crippen molar-refractivity contribution >= 4 is 62.8 Å². The molecule has 15 nitrogen and oxygen atoms in total. The summed E-state index contributed by atoms with van der Waals surface area (Å²) in [6.45, 7) is 23.5. The van der Waals surface area contributed by atoms with Crippen molar-refractivity contribution in [1.29, 1.82) is 0 Å². The Hall–Kier alpha value is -5.61. The number of hydrogen-bond donors (Lipinski definition) is 2. The van der Waals surface area contributed by atoms with Crippen LogP contribution in [0.3, 0.4) is 0 Å². The van der Waals surface area contributed by atoms with Crippen molar-refractivity contribution in [2.75, 3.05) is 48.6 Å². The van der Waals surface area contributed by atoms with E-state index in [9.17, 15) is 57.6 Å². The summed E-state index contributed by atoms with van der Waals surface area (Å²) in [4.78, 5) is 44.8. The predicted octanol–water partition coefficient (Wildman–Crippen LogP) is 14.2. The van der Waals surface area contributed by atoms with Gasteiger partial charge in [-0.25, -0.2) is 38.4 Å². The van der Waals surface area contributed by atoms with Crippen molar-refractivity contribution in [1.82, 2.24) is 5.32 Å². The van der Waals surface area contributed by atoms with Crippen LogP contribution in [0.15, 0.2) is 105 Å². The summed E-state index contributed by atoms with van der Waals surface area (Å²) in [7, 11) is -4.86. The fourth-order valence-corrected chi connectivity index (χ4v) is 14.8. The molecule has 3 aromatic rings. The van der Waals surface area contributed by atoms with Gasteiger partial charge in [0.25, 0.3) is 0 Å². The number of amides is 2. The van der Waals surface area contributed by atoms with E-state index in [-0.39, 0.29) is 87.7 Å². The minimum absolute atomic E-state index is 0.0326. The molecule has 93 heavy (non-hydrogen) atoms. The second-order valence-electron chi connectivity index (χ2n) is 26.9. The average Bonchev–Trinajstić information content (AvgIpc) is 1.48. The molecule has 3 aromatic carbocycles. The van der Waals surface area contributed by atoms with Gasteiger partial charge >= 0.3 is 0 Å². The predicted molar refractivity (Wildman–Crippen MR) is 364 cm³/mol. The third kappa shape index (κ3) is 32.1. The van der Waals surface area contributed by atoms with E-state index in [4.69, 9.17) is 30.6 Å². The molecule has 518 valence electrons. The lowest BCUT2D eigenvalue weighted by Gasteiger charge is -2.26. The molecule has 0 radical (unpaired) electrons. The van der Waals surface area contributed by atoms with E-state index in [1.54, 1.807) is 54.6 Å². The van der Waals surface area contributed by atoms with E-state index in [2.05, 4.69) is 25.1 Å². The molecule has 2 unspecified atom stereocenters. The number of ketones is 2. The largest absolute Gasteiger partial charge is 0.490 e. The summed E-state index contributed by atoms with van der Waals surface area (Å²) in [6, 6.07) is 14.1. The maximum atomic E-state index is 14.1. The van der Waals surface area contributed by atoms with E-state index >= 15 is 0 Å². The Morgan fingerprint density at radius 3 is 1.34 bits per heavy atom. The number of ether oxygens (including phenoxy) is 3. The third-order valence-electron chi connectivity index (χ3n) is 16.3. The monoisotopic (exact) mass is 1380 g/mol. The summed E-state index contributed by atoms with van der Waals surface area (Å²) in [6.07, 6.45) is 23.1. The molecule has 8 rings (SSSR count). The molecule has 5 fully saturated rings. The van der Waals surface area contributed by atoms with Gasteiger partial charge in [0.05, 0.1) is 55.0 Å². The number of benzene rings is 3. The number of Topliss-reactive ketones (excluding diaryl/α,β-unsaturated/α-hetero) is 2. The molecule has 2 atom stereocenters. The van der Waals surface area contributed by atoms with Crippen LogP contribution in [0.4, 0.5) is 13.2 Å². The highest BCUT2D eigenvalue weighted by atomic mass is 35.7. The van der Waals surface area contributed by atoms with Gasteiger partial charge in [-0.1, -0.05) is 76.3 Å². The summed E-state index contributed by atoms with van der Waals surface area (Å²) in [5.41, 5.74) is 6.63. The number of piperidine rings is 1. The van der Waals surface area contributed by atoms with Crippen molar-refractivity contribution in [2.24, 2.45) is 35.3 Å². The van der Waals surface area contributed by atoms with Crippen LogP contribution in [0, 0.1) is 47.0 Å². The van der Waals surface area contributed by atoms with Gasteiger partial charge in [-0.15, -0.1) is 19.7 Å². The number of carbonyl (C=O) groups excluding carboxylic acids is 4. The van der Waals surface area contributed by atoms with Gasteiger partial charge in [0.2, 0.25) is 20.9 Å². The first-order chi connectivity index (χ1) is 43.6. The maximum Gasteiger partial charge on any atom is 0.232 e. The Labute approximate surface area is 556 Å². The molecule has 1 heterocycles. The lowest BCUT2D eigenvalue weighted by Crippen LogP contribution is -2.40. The number of unbranched alkanes of at least 4 members (excludes halogenated alkanes) is 3. The minimum Gasteiger partial charge on any atom is -0.490 e. The number of halogens is 4. The Kier molecular flexibility index (Phi) is 32.3. The average molecular weight is 1380 g/mol. The number of sulfone groups is 2. The van der Waals surface area contributed by atoms with E-state index in [1.807, 2.05) is 53.7 Å². The van der Waals surface area contributed by atoms with Crippen LogP contribution in [-0.2, 0) is 64.3 Å². The van der Waals surface area contributed by atoms with Gasteiger partial charge in [0.1, 0.15) is 11.6 Å². The summed E-state index contributed by atoms with van der Waals surface area (Å²) in [5.74, 6) is 1.10. The molecule has 4 saturated carbocycles. The second-order valence-corrected chi connectivity index (χ2v) is 34.2. The second kappa shape index (κ2) is 37.6. The molecular formula is C71H100ClF3N2O13S3. The molecular weight excluding hydrogens is 1280 g/mol. The highest BCUT2D eigenvalue weighted by Gasteiger charge is 2.33. The number of imide groups is 1. The van der Waals surface area contributed by atoms with Crippen LogP contribution >= 0.6 is 10.7 Å². The smallest absolute Gasteiger partial charge is 0.232 e. The zero-order chi connectivity index (χ0) is 69.2. The molecule has 22 heteroatoms. The minimum atomic E-state index is -3.32. The number of nitrogens with two attached hydrogens (primary N) is 1. The van der Waals surface area contributed by atoms with Crippen molar-refractivity contribution in [3.8, 4) is 17.2 Å². The Bertz CT molecular complexity index is 3370. The highest BCUT2D eigenvalue weighted by Crippen LogP contribution is 2.36. The Balaban J connectivity index is 0.000000268. The topological polar surface area (TPSA) is 236 Å². The van der Waals surface area contributed by atoms with E-state index < -0.39 is 56.7 Å². The number of allylic oxidation sites excluding steroid dienone is 5. The van der Waals surface area contributed by atoms with Gasteiger partial charge in [-0.2, -0.15) is 0 Å². The van der Waals surface area contributed by atoms with Crippen LogP contribution in [0.2, 0.25) is 0 Å². The lowest BCUT2D eigenvalue weighted by atomic mass is 9.85. The first kappa shape index (κ1) is 79.8. The summed E-state index contributed by atoms with van der Waals surface area (Å²) < 4.78 is 129. The molecule has 5 aliphatic rings. The highest BCUT2D eigenvalue weighted by molar-refractivity contribution is 8.13. The zero-order valence-electron chi connectivity index (χ0n) is 55.3. The third-order valence-corrected chi connectivity index (χ3v) is 21.6. The standard InChI is InChI=1S/C25H34FNO5S.C19H27FO3S.C13H18FNO.C9H12O2.C5H9ClO2S/c1-25(2,20-11-12-21(26)22(15-20)32-16-18-8-9-18)17-33(30,31)14-6-4-3-5-7-19-10-13-23(28)27-24(19)29;1-4-5-6-11-24(21,22)14-19(2,3)16-9-10-17(20)18(12-16)23-13-15-7-8-15;1-13(2,15)10-5-6-11(14)12(7-10)16-8-9-3-4-9;1-2-3-7-4-5-8(10)6-9(7)11;1-2-3-4-5-9(6,7)8/h3,5,11-12,15,18-19H,4,6-10,13-14,16-17H2,1-2H3,(H,27,28,29);4,9-10,12,15H,1,5-8,11,13-14H2,2-3H3;5-7,9H,3-4,8,15H2,1-2H3;2,7H,1,3-6H2;2H,1,3-5H2/b5-3+;;;;. The van der Waals surface area contributed by atoms with E-state index in [0.717, 1.165) is 55.2 Å².